The number of anilines is 2. The predicted octanol–water partition coefficient (Wildman–Crippen LogP) is 1.48. The molecule has 1 aliphatic heterocycles. The molecule has 0 saturated carbocycles. The molecule has 112 valence electrons. The van der Waals surface area contributed by atoms with Gasteiger partial charge < -0.3 is 11.1 Å². The Bertz CT molecular complexity index is 485. The van der Waals surface area contributed by atoms with E-state index in [2.05, 4.69) is 5.32 Å². The Morgan fingerprint density at radius 3 is 2.60 bits per heavy atom. The maximum atomic E-state index is 12.0. The number of hydrogen-bond acceptors (Lipinski definition) is 4. The maximum Gasteiger partial charge on any atom is 0.277 e. The van der Waals surface area contributed by atoms with Crippen molar-refractivity contribution in [2.75, 3.05) is 17.0 Å². The molecule has 0 radical (unpaired) electrons. The number of hydrogen-bond donors (Lipinski definition) is 2. The SMILES string of the molecule is CCCON1C(=O)C(N)C(=O)Nc2ccccc21.Cl.Cl. The first kappa shape index (κ1) is 18.7. The first-order valence-electron chi connectivity index (χ1n) is 5.77. The lowest BCUT2D eigenvalue weighted by molar-refractivity contribution is -0.131. The van der Waals surface area contributed by atoms with Crippen molar-refractivity contribution < 1.29 is 14.4 Å². The third-order valence-corrected chi connectivity index (χ3v) is 2.55. The Balaban J connectivity index is 0.00000180. The fourth-order valence-electron chi connectivity index (χ4n) is 1.64. The normalized spacial score (nSPS) is 17.3. The molecular weight excluding hydrogens is 305 g/mol. The highest BCUT2D eigenvalue weighted by Crippen LogP contribution is 2.28. The Hall–Kier alpha value is -1.34. The van der Waals surface area contributed by atoms with Gasteiger partial charge >= 0.3 is 0 Å². The molecule has 0 spiro atoms. The van der Waals surface area contributed by atoms with Crippen molar-refractivity contribution in [1.29, 1.82) is 0 Å². The number of rotatable bonds is 3. The molecule has 8 heteroatoms. The number of hydroxylamine groups is 1. The topological polar surface area (TPSA) is 84.7 Å². The first-order chi connectivity index (χ1) is 8.65. The van der Waals surface area contributed by atoms with Crippen LogP contribution in [-0.4, -0.2) is 24.5 Å². The van der Waals surface area contributed by atoms with Gasteiger partial charge in [0.2, 0.25) is 0 Å². The molecule has 0 aliphatic carbocycles. The van der Waals surface area contributed by atoms with Crippen molar-refractivity contribution in [3.63, 3.8) is 0 Å². The van der Waals surface area contributed by atoms with Crippen LogP contribution in [0.2, 0.25) is 0 Å². The molecule has 0 bridgehead atoms. The van der Waals surface area contributed by atoms with Gasteiger partial charge in [-0.25, -0.2) is 0 Å². The summed E-state index contributed by atoms with van der Waals surface area (Å²) in [6.45, 7) is 2.30. The van der Waals surface area contributed by atoms with Crippen LogP contribution in [0.3, 0.4) is 0 Å². The summed E-state index contributed by atoms with van der Waals surface area (Å²) in [4.78, 5) is 29.1. The molecule has 2 rings (SSSR count). The number of nitrogens with zero attached hydrogens (tertiary/aromatic N) is 1. The summed E-state index contributed by atoms with van der Waals surface area (Å²) in [5.74, 6) is -1.10. The van der Waals surface area contributed by atoms with Crippen LogP contribution in [0, 0.1) is 0 Å². The van der Waals surface area contributed by atoms with Crippen molar-refractivity contribution in [3.05, 3.63) is 24.3 Å². The van der Waals surface area contributed by atoms with E-state index in [1.54, 1.807) is 24.3 Å². The van der Waals surface area contributed by atoms with Crippen molar-refractivity contribution >= 4 is 48.0 Å². The largest absolute Gasteiger partial charge is 0.322 e. The molecular formula is C12H17Cl2N3O3. The lowest BCUT2D eigenvalue weighted by Gasteiger charge is -2.22. The molecule has 20 heavy (non-hydrogen) atoms. The number of carbonyl (C=O) groups is 2. The van der Waals surface area contributed by atoms with Crippen LogP contribution in [0.25, 0.3) is 0 Å². The highest BCUT2D eigenvalue weighted by molar-refractivity contribution is 6.18. The number of carbonyl (C=O) groups excluding carboxylic acids is 2. The van der Waals surface area contributed by atoms with Crippen LogP contribution in [-0.2, 0) is 14.4 Å². The van der Waals surface area contributed by atoms with Crippen LogP contribution in [0.1, 0.15) is 13.3 Å². The number of nitrogens with one attached hydrogen (secondary N) is 1. The van der Waals surface area contributed by atoms with E-state index in [1.165, 1.54) is 0 Å². The monoisotopic (exact) mass is 321 g/mol. The summed E-state index contributed by atoms with van der Waals surface area (Å²) in [7, 11) is 0. The minimum absolute atomic E-state index is 0. The van der Waals surface area contributed by atoms with Gasteiger partial charge in [-0.05, 0) is 18.6 Å². The van der Waals surface area contributed by atoms with Crippen LogP contribution in [0.5, 0.6) is 0 Å². The van der Waals surface area contributed by atoms with Crippen LogP contribution in [0.15, 0.2) is 24.3 Å². The number of nitrogens with two attached hydrogens (primary N) is 1. The second-order valence-corrected chi connectivity index (χ2v) is 3.95. The zero-order valence-corrected chi connectivity index (χ0v) is 12.5. The fraction of sp³-hybridized carbons (Fsp3) is 0.333. The van der Waals surface area contributed by atoms with Crippen LogP contribution < -0.4 is 16.1 Å². The summed E-state index contributed by atoms with van der Waals surface area (Å²) in [6.07, 6.45) is 0.753. The van der Waals surface area contributed by atoms with Gasteiger partial charge in [0.25, 0.3) is 11.8 Å². The number of halogens is 2. The van der Waals surface area contributed by atoms with E-state index in [0.717, 1.165) is 11.5 Å². The number of benzene rings is 1. The second kappa shape index (κ2) is 8.06. The predicted molar refractivity (Wildman–Crippen MR) is 81.3 cm³/mol. The van der Waals surface area contributed by atoms with Gasteiger partial charge in [-0.3, -0.25) is 14.4 Å². The van der Waals surface area contributed by atoms with Gasteiger partial charge in [-0.2, -0.15) is 5.06 Å². The van der Waals surface area contributed by atoms with E-state index >= 15 is 0 Å². The minimum Gasteiger partial charge on any atom is -0.322 e. The molecule has 3 N–H and O–H groups in total. The second-order valence-electron chi connectivity index (χ2n) is 3.95. The van der Waals surface area contributed by atoms with Gasteiger partial charge in [-0.1, -0.05) is 19.1 Å². The summed E-state index contributed by atoms with van der Waals surface area (Å²) < 4.78 is 0. The van der Waals surface area contributed by atoms with Crippen molar-refractivity contribution in [1.82, 2.24) is 0 Å². The minimum atomic E-state index is -1.26. The van der Waals surface area contributed by atoms with Gasteiger partial charge in [0.05, 0.1) is 18.0 Å². The van der Waals surface area contributed by atoms with Crippen LogP contribution in [0.4, 0.5) is 11.4 Å². The van der Waals surface area contributed by atoms with Gasteiger partial charge in [-0.15, -0.1) is 24.8 Å². The van der Waals surface area contributed by atoms with E-state index < -0.39 is 17.9 Å². The lowest BCUT2D eigenvalue weighted by atomic mass is 10.2. The molecule has 0 aromatic heterocycles. The number of fused-ring (bicyclic) bond motifs is 1. The summed E-state index contributed by atoms with van der Waals surface area (Å²) in [5.41, 5.74) is 6.59. The number of para-hydroxylation sites is 2. The zero-order chi connectivity index (χ0) is 13.1. The third kappa shape index (κ3) is 3.61. The molecule has 1 unspecified atom stereocenters. The van der Waals surface area contributed by atoms with Crippen molar-refractivity contribution in [2.24, 2.45) is 5.73 Å². The van der Waals surface area contributed by atoms with E-state index in [1.807, 2.05) is 6.92 Å². The first-order valence-corrected chi connectivity index (χ1v) is 5.77. The molecule has 0 saturated heterocycles. The number of amides is 2. The Kier molecular flexibility index (Phi) is 7.52. The average molecular weight is 322 g/mol. The molecule has 2 amide bonds. The zero-order valence-electron chi connectivity index (χ0n) is 10.9. The van der Waals surface area contributed by atoms with E-state index in [9.17, 15) is 9.59 Å². The lowest BCUT2D eigenvalue weighted by Crippen LogP contribution is -2.48. The van der Waals surface area contributed by atoms with Crippen LogP contribution >= 0.6 is 24.8 Å². The standard InChI is InChI=1S/C12H15N3O3.2ClH/c1-2-7-18-15-9-6-4-3-5-8(9)14-11(16)10(13)12(15)17;;/h3-6,10H,2,7,13H2,1H3,(H,14,16);2*1H. The van der Waals surface area contributed by atoms with E-state index in [0.29, 0.717) is 18.0 Å². The fourth-order valence-corrected chi connectivity index (χ4v) is 1.64. The van der Waals surface area contributed by atoms with E-state index in [-0.39, 0.29) is 24.8 Å². The Morgan fingerprint density at radius 1 is 1.30 bits per heavy atom. The average Bonchev–Trinajstić information content (AvgIpc) is 2.47. The Labute approximate surface area is 129 Å². The smallest absolute Gasteiger partial charge is 0.277 e. The molecule has 1 atom stereocenters. The highest BCUT2D eigenvalue weighted by atomic mass is 35.5. The van der Waals surface area contributed by atoms with Gasteiger partial charge in [0.1, 0.15) is 0 Å². The summed E-state index contributed by atoms with van der Waals surface area (Å²) in [6, 6.07) is 5.66. The third-order valence-electron chi connectivity index (χ3n) is 2.55. The molecule has 1 heterocycles. The highest BCUT2D eigenvalue weighted by Gasteiger charge is 2.34. The van der Waals surface area contributed by atoms with Gasteiger partial charge in [0.15, 0.2) is 6.04 Å². The maximum absolute atomic E-state index is 12.0. The molecule has 6 nitrogen and oxygen atoms in total. The van der Waals surface area contributed by atoms with E-state index in [4.69, 9.17) is 10.6 Å². The molecule has 1 aliphatic rings. The molecule has 1 aromatic rings. The summed E-state index contributed by atoms with van der Waals surface area (Å²) >= 11 is 0. The molecule has 1 aromatic carbocycles. The Morgan fingerprint density at radius 2 is 1.95 bits per heavy atom. The van der Waals surface area contributed by atoms with Crippen molar-refractivity contribution in [2.45, 2.75) is 19.4 Å². The quantitative estimate of drug-likeness (QED) is 0.826. The van der Waals surface area contributed by atoms with Crippen molar-refractivity contribution in [3.8, 4) is 0 Å². The molecule has 0 fully saturated rings. The van der Waals surface area contributed by atoms with Gasteiger partial charge in [0, 0.05) is 0 Å². The summed E-state index contributed by atoms with van der Waals surface area (Å²) in [5, 5.41) is 3.70.